The number of para-hydroxylation sites is 3. The molecule has 2 aromatic heterocycles. The number of nitrogens with zero attached hydrogens (tertiary/aromatic N) is 3. The molecule has 7 nitrogen and oxygen atoms in total. The molecule has 2 aromatic carbocycles. The van der Waals surface area contributed by atoms with Crippen molar-refractivity contribution < 1.29 is 13.9 Å². The third-order valence-electron chi connectivity index (χ3n) is 3.86. The molecule has 130 valence electrons. The quantitative estimate of drug-likeness (QED) is 0.515. The standard InChI is InChI=1S/C19H15N3O4/c1-24-17-9-5-3-7-15(17)22-11-13(20-21-22)12-25-18-10-19(23)26-16-8-4-2-6-14(16)18/h2-11H,12H2,1H3. The van der Waals surface area contributed by atoms with Crippen molar-refractivity contribution in [2.45, 2.75) is 6.61 Å². The zero-order valence-corrected chi connectivity index (χ0v) is 14.0. The third-order valence-corrected chi connectivity index (χ3v) is 3.86. The summed E-state index contributed by atoms with van der Waals surface area (Å²) in [6.07, 6.45) is 1.76. The lowest BCUT2D eigenvalue weighted by Gasteiger charge is -2.07. The monoisotopic (exact) mass is 349 g/mol. The van der Waals surface area contributed by atoms with Crippen molar-refractivity contribution in [2.24, 2.45) is 0 Å². The second kappa shape index (κ2) is 6.72. The summed E-state index contributed by atoms with van der Waals surface area (Å²) in [4.78, 5) is 11.7. The van der Waals surface area contributed by atoms with E-state index in [0.29, 0.717) is 22.8 Å². The van der Waals surface area contributed by atoms with Crippen molar-refractivity contribution in [3.8, 4) is 17.2 Å². The Morgan fingerprint density at radius 1 is 1.08 bits per heavy atom. The van der Waals surface area contributed by atoms with Crippen molar-refractivity contribution >= 4 is 11.0 Å². The van der Waals surface area contributed by atoms with Gasteiger partial charge in [0.15, 0.2) is 0 Å². The predicted octanol–water partition coefficient (Wildman–Crippen LogP) is 2.96. The van der Waals surface area contributed by atoms with Gasteiger partial charge in [0, 0.05) is 0 Å². The fourth-order valence-corrected chi connectivity index (χ4v) is 2.65. The van der Waals surface area contributed by atoms with Gasteiger partial charge in [-0.05, 0) is 24.3 Å². The van der Waals surface area contributed by atoms with Crippen LogP contribution >= 0.6 is 0 Å². The Bertz CT molecular complexity index is 1120. The van der Waals surface area contributed by atoms with Crippen LogP contribution in [0.2, 0.25) is 0 Å². The molecule has 0 aliphatic heterocycles. The van der Waals surface area contributed by atoms with Gasteiger partial charge in [0.1, 0.15) is 35.1 Å². The summed E-state index contributed by atoms with van der Waals surface area (Å²) in [5.74, 6) is 1.14. The summed E-state index contributed by atoms with van der Waals surface area (Å²) in [5.41, 5.74) is 1.41. The van der Waals surface area contributed by atoms with Crippen LogP contribution in [0, 0.1) is 0 Å². The molecule has 2 heterocycles. The summed E-state index contributed by atoms with van der Waals surface area (Å²) >= 11 is 0. The van der Waals surface area contributed by atoms with Crippen LogP contribution in [-0.4, -0.2) is 22.1 Å². The smallest absolute Gasteiger partial charge is 0.339 e. The first kappa shape index (κ1) is 15.9. The van der Waals surface area contributed by atoms with Gasteiger partial charge >= 0.3 is 5.63 Å². The van der Waals surface area contributed by atoms with Crippen LogP contribution in [0.5, 0.6) is 11.5 Å². The Morgan fingerprint density at radius 3 is 2.77 bits per heavy atom. The highest BCUT2D eigenvalue weighted by Crippen LogP contribution is 2.24. The molecule has 0 spiro atoms. The highest BCUT2D eigenvalue weighted by atomic mass is 16.5. The largest absolute Gasteiger partial charge is 0.494 e. The summed E-state index contributed by atoms with van der Waals surface area (Å²) in [7, 11) is 1.60. The summed E-state index contributed by atoms with van der Waals surface area (Å²) in [6.45, 7) is 0.169. The van der Waals surface area contributed by atoms with Crippen LogP contribution in [0.4, 0.5) is 0 Å². The Hall–Kier alpha value is -3.61. The van der Waals surface area contributed by atoms with E-state index in [1.165, 1.54) is 6.07 Å². The van der Waals surface area contributed by atoms with E-state index in [4.69, 9.17) is 13.9 Å². The highest BCUT2D eigenvalue weighted by Gasteiger charge is 2.10. The molecular weight excluding hydrogens is 334 g/mol. The molecule has 0 aliphatic rings. The van der Waals surface area contributed by atoms with Gasteiger partial charge in [-0.3, -0.25) is 0 Å². The fraction of sp³-hybridized carbons (Fsp3) is 0.105. The van der Waals surface area contributed by atoms with E-state index in [9.17, 15) is 4.79 Å². The lowest BCUT2D eigenvalue weighted by atomic mass is 10.2. The zero-order valence-electron chi connectivity index (χ0n) is 14.0. The Labute approximate surface area is 148 Å². The number of fused-ring (bicyclic) bond motifs is 1. The van der Waals surface area contributed by atoms with E-state index in [2.05, 4.69) is 10.3 Å². The van der Waals surface area contributed by atoms with Crippen LogP contribution in [-0.2, 0) is 6.61 Å². The molecular formula is C19H15N3O4. The second-order valence-electron chi connectivity index (χ2n) is 5.54. The van der Waals surface area contributed by atoms with E-state index < -0.39 is 5.63 Å². The van der Waals surface area contributed by atoms with Crippen molar-refractivity contribution in [3.05, 3.63) is 76.9 Å². The van der Waals surface area contributed by atoms with Crippen molar-refractivity contribution in [3.63, 3.8) is 0 Å². The van der Waals surface area contributed by atoms with Crippen LogP contribution in [0.1, 0.15) is 5.69 Å². The Balaban J connectivity index is 1.59. The van der Waals surface area contributed by atoms with Crippen molar-refractivity contribution in [2.75, 3.05) is 7.11 Å². The molecule has 0 amide bonds. The molecule has 0 atom stereocenters. The molecule has 26 heavy (non-hydrogen) atoms. The van der Waals surface area contributed by atoms with E-state index in [1.54, 1.807) is 30.1 Å². The molecule has 0 unspecified atom stereocenters. The minimum absolute atomic E-state index is 0.169. The van der Waals surface area contributed by atoms with Gasteiger partial charge in [0.2, 0.25) is 0 Å². The van der Waals surface area contributed by atoms with Crippen LogP contribution in [0.3, 0.4) is 0 Å². The van der Waals surface area contributed by atoms with Gasteiger partial charge < -0.3 is 13.9 Å². The van der Waals surface area contributed by atoms with Gasteiger partial charge in [-0.15, -0.1) is 5.10 Å². The average molecular weight is 349 g/mol. The maximum absolute atomic E-state index is 11.7. The highest BCUT2D eigenvalue weighted by molar-refractivity contribution is 5.82. The molecule has 4 rings (SSSR count). The summed E-state index contributed by atoms with van der Waals surface area (Å²) in [5, 5.41) is 8.96. The minimum Gasteiger partial charge on any atom is -0.494 e. The summed E-state index contributed by atoms with van der Waals surface area (Å²) in [6, 6.07) is 16.0. The minimum atomic E-state index is -0.462. The third kappa shape index (κ3) is 3.02. The lowest BCUT2D eigenvalue weighted by molar-refractivity contribution is 0.302. The van der Waals surface area contributed by atoms with Gasteiger partial charge in [0.25, 0.3) is 0 Å². The number of aromatic nitrogens is 3. The average Bonchev–Trinajstić information content (AvgIpc) is 3.14. The van der Waals surface area contributed by atoms with Crippen LogP contribution in [0.15, 0.2) is 70.0 Å². The number of methoxy groups -OCH3 is 1. The maximum Gasteiger partial charge on any atom is 0.339 e. The maximum atomic E-state index is 11.7. The number of hydrogen-bond donors (Lipinski definition) is 0. The van der Waals surface area contributed by atoms with Gasteiger partial charge in [0.05, 0.1) is 24.8 Å². The molecule has 4 aromatic rings. The Morgan fingerprint density at radius 2 is 1.88 bits per heavy atom. The topological polar surface area (TPSA) is 79.4 Å². The second-order valence-corrected chi connectivity index (χ2v) is 5.54. The molecule has 0 bridgehead atoms. The number of benzene rings is 2. The molecule has 0 radical (unpaired) electrons. The number of ether oxygens (including phenoxy) is 2. The molecule has 0 saturated heterocycles. The Kier molecular flexibility index (Phi) is 4.10. The number of hydrogen-bond acceptors (Lipinski definition) is 6. The molecule has 0 N–H and O–H groups in total. The molecule has 7 heteroatoms. The first-order valence-corrected chi connectivity index (χ1v) is 7.95. The molecule has 0 aliphatic carbocycles. The van der Waals surface area contributed by atoms with Crippen LogP contribution in [0.25, 0.3) is 16.7 Å². The predicted molar refractivity (Wildman–Crippen MR) is 94.7 cm³/mol. The fourth-order valence-electron chi connectivity index (χ4n) is 2.65. The van der Waals surface area contributed by atoms with E-state index in [0.717, 1.165) is 11.1 Å². The summed E-state index contributed by atoms with van der Waals surface area (Å²) < 4.78 is 17.9. The van der Waals surface area contributed by atoms with Gasteiger partial charge in [-0.25, -0.2) is 9.48 Å². The van der Waals surface area contributed by atoms with Crippen LogP contribution < -0.4 is 15.1 Å². The normalized spacial score (nSPS) is 10.8. The van der Waals surface area contributed by atoms with Gasteiger partial charge in [-0.2, -0.15) is 0 Å². The first-order chi connectivity index (χ1) is 12.7. The zero-order chi connectivity index (χ0) is 17.9. The molecule has 0 saturated carbocycles. The lowest BCUT2D eigenvalue weighted by Crippen LogP contribution is -2.02. The van der Waals surface area contributed by atoms with E-state index in [-0.39, 0.29) is 6.61 Å². The van der Waals surface area contributed by atoms with Gasteiger partial charge in [-0.1, -0.05) is 29.5 Å². The van der Waals surface area contributed by atoms with E-state index >= 15 is 0 Å². The molecule has 0 fully saturated rings. The number of rotatable bonds is 5. The first-order valence-electron chi connectivity index (χ1n) is 7.95. The van der Waals surface area contributed by atoms with Crippen molar-refractivity contribution in [1.29, 1.82) is 0 Å². The van der Waals surface area contributed by atoms with E-state index in [1.807, 2.05) is 36.4 Å². The van der Waals surface area contributed by atoms with Crippen molar-refractivity contribution in [1.82, 2.24) is 15.0 Å². The SMILES string of the molecule is COc1ccccc1-n1cc(COc2cc(=O)oc3ccccc23)nn1.